The summed E-state index contributed by atoms with van der Waals surface area (Å²) >= 11 is 0. The zero-order valence-corrected chi connectivity index (χ0v) is 7.38. The first-order valence-electron chi connectivity index (χ1n) is 4.08. The van der Waals surface area contributed by atoms with Gasteiger partial charge in [-0.3, -0.25) is 0 Å². The van der Waals surface area contributed by atoms with Crippen LogP contribution in [0.4, 0.5) is 13.2 Å². The third kappa shape index (κ3) is 2.88. The fraction of sp³-hybridized carbons (Fsp3) is 0.200. The first-order chi connectivity index (χ1) is 6.54. The molecular weight excluding hydrogens is 191 g/mol. The van der Waals surface area contributed by atoms with E-state index in [-0.39, 0.29) is 0 Å². The maximum atomic E-state index is 12.1. The van der Waals surface area contributed by atoms with E-state index >= 15 is 0 Å². The largest absolute Gasteiger partial charge is 0.416 e. The molecule has 1 nitrogen and oxygen atoms in total. The number of alkyl halides is 3. The Hall–Kier alpha value is -1.29. The molecule has 0 aromatic heterocycles. The van der Waals surface area contributed by atoms with Gasteiger partial charge >= 0.3 is 6.18 Å². The van der Waals surface area contributed by atoms with Crippen molar-refractivity contribution in [1.29, 1.82) is 0 Å². The quantitative estimate of drug-likeness (QED) is 0.782. The van der Waals surface area contributed by atoms with Gasteiger partial charge in [0.25, 0.3) is 0 Å². The smallest absolute Gasteiger partial charge is 0.327 e. The molecule has 2 N–H and O–H groups in total. The molecule has 0 unspecified atom stereocenters. The van der Waals surface area contributed by atoms with Crippen LogP contribution in [0.5, 0.6) is 0 Å². The zero-order valence-electron chi connectivity index (χ0n) is 7.38. The van der Waals surface area contributed by atoms with E-state index in [0.29, 0.717) is 12.1 Å². The van der Waals surface area contributed by atoms with E-state index in [2.05, 4.69) is 0 Å². The van der Waals surface area contributed by atoms with Gasteiger partial charge in [0, 0.05) is 6.54 Å². The van der Waals surface area contributed by atoms with Crippen LogP contribution < -0.4 is 5.73 Å². The van der Waals surface area contributed by atoms with Crippen molar-refractivity contribution in [2.75, 3.05) is 6.54 Å². The van der Waals surface area contributed by atoms with Gasteiger partial charge in [-0.05, 0) is 17.7 Å². The number of nitrogens with two attached hydrogens (primary N) is 1. The molecule has 0 heterocycles. The van der Waals surface area contributed by atoms with Crippen molar-refractivity contribution in [1.82, 2.24) is 0 Å². The number of rotatable bonds is 2. The first kappa shape index (κ1) is 10.8. The van der Waals surface area contributed by atoms with Crippen LogP contribution in [0.2, 0.25) is 0 Å². The monoisotopic (exact) mass is 201 g/mol. The van der Waals surface area contributed by atoms with Crippen LogP contribution in [0.3, 0.4) is 0 Å². The molecule has 1 rings (SSSR count). The molecule has 0 radical (unpaired) electrons. The first-order valence-corrected chi connectivity index (χ1v) is 4.08. The van der Waals surface area contributed by atoms with Crippen LogP contribution in [0.15, 0.2) is 30.3 Å². The van der Waals surface area contributed by atoms with Crippen LogP contribution in [0.25, 0.3) is 6.08 Å². The molecule has 0 spiro atoms. The fourth-order valence-corrected chi connectivity index (χ4v) is 0.987. The van der Waals surface area contributed by atoms with Crippen molar-refractivity contribution in [2.24, 2.45) is 5.73 Å². The van der Waals surface area contributed by atoms with Gasteiger partial charge < -0.3 is 5.73 Å². The SMILES string of the molecule is NCC=Cc1ccc(C(F)(F)F)cc1. The van der Waals surface area contributed by atoms with Crippen molar-refractivity contribution in [3.63, 3.8) is 0 Å². The van der Waals surface area contributed by atoms with E-state index in [9.17, 15) is 13.2 Å². The minimum Gasteiger partial charge on any atom is -0.327 e. The summed E-state index contributed by atoms with van der Waals surface area (Å²) in [4.78, 5) is 0. The van der Waals surface area contributed by atoms with Gasteiger partial charge in [-0.2, -0.15) is 13.2 Å². The van der Waals surface area contributed by atoms with Crippen LogP contribution in [-0.2, 0) is 6.18 Å². The second-order valence-corrected chi connectivity index (χ2v) is 2.76. The van der Waals surface area contributed by atoms with Gasteiger partial charge in [-0.25, -0.2) is 0 Å². The standard InChI is InChI=1S/C10H10F3N/c11-10(12,13)9-5-3-8(4-6-9)2-1-7-14/h1-6H,7,14H2. The lowest BCUT2D eigenvalue weighted by Crippen LogP contribution is -2.04. The molecule has 4 heteroatoms. The maximum absolute atomic E-state index is 12.1. The van der Waals surface area contributed by atoms with Crippen molar-refractivity contribution < 1.29 is 13.2 Å². The lowest BCUT2D eigenvalue weighted by atomic mass is 10.1. The Morgan fingerprint density at radius 2 is 1.71 bits per heavy atom. The fourth-order valence-electron chi connectivity index (χ4n) is 0.987. The van der Waals surface area contributed by atoms with Gasteiger partial charge in [0.1, 0.15) is 0 Å². The van der Waals surface area contributed by atoms with E-state index in [1.807, 2.05) is 0 Å². The average molecular weight is 201 g/mol. The minimum absolute atomic E-state index is 0.376. The second kappa shape index (κ2) is 4.28. The van der Waals surface area contributed by atoms with Gasteiger partial charge in [0.2, 0.25) is 0 Å². The van der Waals surface area contributed by atoms with E-state index in [0.717, 1.165) is 12.1 Å². The molecule has 76 valence electrons. The molecular formula is C10H10F3N. The van der Waals surface area contributed by atoms with E-state index in [1.165, 1.54) is 12.1 Å². The Morgan fingerprint density at radius 3 is 2.14 bits per heavy atom. The molecule has 0 aliphatic rings. The minimum atomic E-state index is -4.27. The molecule has 1 aromatic carbocycles. The third-order valence-corrected chi connectivity index (χ3v) is 1.68. The van der Waals surface area contributed by atoms with Crippen LogP contribution in [-0.4, -0.2) is 6.54 Å². The molecule has 0 aliphatic heterocycles. The summed E-state index contributed by atoms with van der Waals surface area (Å²) in [5.41, 5.74) is 5.28. The molecule has 0 amide bonds. The Bertz CT molecular complexity index is 311. The predicted octanol–water partition coefficient (Wildman–Crippen LogP) is 2.68. The average Bonchev–Trinajstić information content (AvgIpc) is 2.14. The molecule has 0 fully saturated rings. The summed E-state index contributed by atoms with van der Waals surface area (Å²) in [5.74, 6) is 0. The van der Waals surface area contributed by atoms with E-state index in [4.69, 9.17) is 5.73 Å². The molecule has 0 saturated carbocycles. The van der Waals surface area contributed by atoms with E-state index in [1.54, 1.807) is 12.2 Å². The number of halogens is 3. The lowest BCUT2D eigenvalue weighted by Gasteiger charge is -2.05. The molecule has 0 aliphatic carbocycles. The summed E-state index contributed by atoms with van der Waals surface area (Å²) in [7, 11) is 0. The van der Waals surface area contributed by atoms with Crippen LogP contribution >= 0.6 is 0 Å². The van der Waals surface area contributed by atoms with Crippen molar-refractivity contribution in [3.8, 4) is 0 Å². The normalized spacial score (nSPS) is 12.3. The Morgan fingerprint density at radius 1 is 1.14 bits per heavy atom. The molecule has 1 aromatic rings. The highest BCUT2D eigenvalue weighted by Crippen LogP contribution is 2.29. The number of hydrogen-bond acceptors (Lipinski definition) is 1. The molecule has 0 bridgehead atoms. The van der Waals surface area contributed by atoms with Gasteiger partial charge in [-0.1, -0.05) is 24.3 Å². The van der Waals surface area contributed by atoms with Gasteiger partial charge in [-0.15, -0.1) is 0 Å². The van der Waals surface area contributed by atoms with Gasteiger partial charge in [0.15, 0.2) is 0 Å². The van der Waals surface area contributed by atoms with Crippen molar-refractivity contribution in [3.05, 3.63) is 41.5 Å². The highest BCUT2D eigenvalue weighted by Gasteiger charge is 2.29. The van der Waals surface area contributed by atoms with Crippen molar-refractivity contribution >= 4 is 6.08 Å². The second-order valence-electron chi connectivity index (χ2n) is 2.76. The van der Waals surface area contributed by atoms with Crippen LogP contribution in [0, 0.1) is 0 Å². The van der Waals surface area contributed by atoms with Crippen molar-refractivity contribution in [2.45, 2.75) is 6.18 Å². The summed E-state index contributed by atoms with van der Waals surface area (Å²) in [6, 6.07) is 4.93. The Kier molecular flexibility index (Phi) is 3.30. The van der Waals surface area contributed by atoms with Crippen LogP contribution in [0.1, 0.15) is 11.1 Å². The number of hydrogen-bond donors (Lipinski definition) is 1. The summed E-state index contributed by atoms with van der Waals surface area (Å²) in [5, 5.41) is 0. The molecule has 0 saturated heterocycles. The highest BCUT2D eigenvalue weighted by molar-refractivity contribution is 5.49. The topological polar surface area (TPSA) is 26.0 Å². The Labute approximate surface area is 80.0 Å². The predicted molar refractivity (Wildman–Crippen MR) is 49.5 cm³/mol. The third-order valence-electron chi connectivity index (χ3n) is 1.68. The molecule has 0 atom stereocenters. The molecule has 14 heavy (non-hydrogen) atoms. The number of benzene rings is 1. The zero-order chi connectivity index (χ0) is 10.6. The highest BCUT2D eigenvalue weighted by atomic mass is 19.4. The van der Waals surface area contributed by atoms with E-state index < -0.39 is 11.7 Å². The summed E-state index contributed by atoms with van der Waals surface area (Å²) in [6.07, 6.45) is -0.904. The summed E-state index contributed by atoms with van der Waals surface area (Å²) < 4.78 is 36.4. The lowest BCUT2D eigenvalue weighted by molar-refractivity contribution is -0.137. The summed E-state index contributed by atoms with van der Waals surface area (Å²) in [6.45, 7) is 0.376. The maximum Gasteiger partial charge on any atom is 0.416 e. The van der Waals surface area contributed by atoms with Gasteiger partial charge in [0.05, 0.1) is 5.56 Å². The Balaban J connectivity index is 2.84.